The van der Waals surface area contributed by atoms with Crippen LogP contribution < -0.4 is 0 Å². The zero-order valence-corrected chi connectivity index (χ0v) is 13.8. The van der Waals surface area contributed by atoms with E-state index in [0.717, 1.165) is 44.7 Å². The van der Waals surface area contributed by atoms with Crippen LogP contribution in [0.1, 0.15) is 11.1 Å². The van der Waals surface area contributed by atoms with E-state index < -0.39 is 0 Å². The summed E-state index contributed by atoms with van der Waals surface area (Å²) in [4.78, 5) is 10.0. The quantitative estimate of drug-likeness (QED) is 0.483. The molecule has 4 aromatic rings. The molecular formula is C22H18N2. The van der Waals surface area contributed by atoms with Crippen LogP contribution in [0.4, 0.5) is 0 Å². The molecule has 0 saturated carbocycles. The lowest BCUT2D eigenvalue weighted by atomic mass is 10.0. The standard InChI is InChI=1S/C22H18N2/c1-15-13-14-16(2)20-19(15)23-21(17-9-5-3-6-10-17)22(24-20)18-11-7-4-8-12-18/h3-14H,1-2H3. The molecule has 0 radical (unpaired) electrons. The van der Waals surface area contributed by atoms with E-state index in [4.69, 9.17) is 9.97 Å². The molecule has 116 valence electrons. The molecule has 0 aliphatic rings. The van der Waals surface area contributed by atoms with Crippen LogP contribution in [0.15, 0.2) is 72.8 Å². The zero-order valence-electron chi connectivity index (χ0n) is 13.8. The molecule has 0 saturated heterocycles. The number of fused-ring (bicyclic) bond motifs is 1. The number of aryl methyl sites for hydroxylation is 2. The first-order valence-corrected chi connectivity index (χ1v) is 8.13. The average Bonchev–Trinajstić information content (AvgIpc) is 2.65. The molecule has 0 spiro atoms. The summed E-state index contributed by atoms with van der Waals surface area (Å²) >= 11 is 0. The summed E-state index contributed by atoms with van der Waals surface area (Å²) in [6.07, 6.45) is 0. The lowest BCUT2D eigenvalue weighted by Crippen LogP contribution is -1.98. The molecular weight excluding hydrogens is 292 g/mol. The van der Waals surface area contributed by atoms with Gasteiger partial charge in [0.15, 0.2) is 0 Å². The monoisotopic (exact) mass is 310 g/mol. The Bertz CT molecular complexity index is 922. The number of hydrogen-bond acceptors (Lipinski definition) is 2. The molecule has 0 bridgehead atoms. The zero-order chi connectivity index (χ0) is 16.5. The van der Waals surface area contributed by atoms with Gasteiger partial charge in [-0.1, -0.05) is 72.8 Å². The SMILES string of the molecule is Cc1ccc(C)c2nc(-c3ccccc3)c(-c3ccccc3)nc12. The molecule has 4 rings (SSSR count). The van der Waals surface area contributed by atoms with Gasteiger partial charge in [-0.3, -0.25) is 0 Å². The van der Waals surface area contributed by atoms with Crippen molar-refractivity contribution in [2.75, 3.05) is 0 Å². The highest BCUT2D eigenvalue weighted by atomic mass is 14.8. The summed E-state index contributed by atoms with van der Waals surface area (Å²) < 4.78 is 0. The summed E-state index contributed by atoms with van der Waals surface area (Å²) in [6.45, 7) is 4.18. The maximum Gasteiger partial charge on any atom is 0.0973 e. The van der Waals surface area contributed by atoms with Crippen molar-refractivity contribution in [2.45, 2.75) is 13.8 Å². The van der Waals surface area contributed by atoms with E-state index in [-0.39, 0.29) is 0 Å². The highest BCUT2D eigenvalue weighted by Gasteiger charge is 2.14. The lowest BCUT2D eigenvalue weighted by Gasteiger charge is -2.13. The Morgan fingerprint density at radius 2 is 0.875 bits per heavy atom. The third-order valence-electron chi connectivity index (χ3n) is 4.32. The average molecular weight is 310 g/mol. The Morgan fingerprint density at radius 3 is 1.25 bits per heavy atom. The highest BCUT2D eigenvalue weighted by molar-refractivity contribution is 5.89. The Kier molecular flexibility index (Phi) is 3.58. The second kappa shape index (κ2) is 5.89. The van der Waals surface area contributed by atoms with Gasteiger partial charge < -0.3 is 0 Å². The first-order valence-electron chi connectivity index (χ1n) is 8.13. The fourth-order valence-electron chi connectivity index (χ4n) is 2.99. The number of benzene rings is 3. The molecule has 0 N–H and O–H groups in total. The molecule has 1 heterocycles. The van der Waals surface area contributed by atoms with E-state index in [2.05, 4.69) is 50.2 Å². The van der Waals surface area contributed by atoms with Gasteiger partial charge in [0.1, 0.15) is 0 Å². The van der Waals surface area contributed by atoms with Gasteiger partial charge in [-0.25, -0.2) is 9.97 Å². The number of hydrogen-bond donors (Lipinski definition) is 0. The van der Waals surface area contributed by atoms with Gasteiger partial charge in [0.05, 0.1) is 22.4 Å². The second-order valence-electron chi connectivity index (χ2n) is 6.05. The number of nitrogens with zero attached hydrogens (tertiary/aromatic N) is 2. The summed E-state index contributed by atoms with van der Waals surface area (Å²) in [5.41, 5.74) is 8.31. The molecule has 0 atom stereocenters. The Morgan fingerprint density at radius 1 is 0.500 bits per heavy atom. The summed E-state index contributed by atoms with van der Waals surface area (Å²) in [5, 5.41) is 0. The Balaban J connectivity index is 2.10. The molecule has 2 nitrogen and oxygen atoms in total. The minimum atomic E-state index is 0.933. The Hall–Kier alpha value is -3.00. The minimum Gasteiger partial charge on any atom is -0.244 e. The molecule has 0 fully saturated rings. The molecule has 1 aromatic heterocycles. The molecule has 24 heavy (non-hydrogen) atoms. The van der Waals surface area contributed by atoms with Crippen LogP contribution in [-0.2, 0) is 0 Å². The van der Waals surface area contributed by atoms with Gasteiger partial charge in [-0.15, -0.1) is 0 Å². The molecule has 0 aliphatic carbocycles. The van der Waals surface area contributed by atoms with Crippen molar-refractivity contribution < 1.29 is 0 Å². The topological polar surface area (TPSA) is 25.8 Å². The lowest BCUT2D eigenvalue weighted by molar-refractivity contribution is 1.25. The molecule has 0 aliphatic heterocycles. The van der Waals surface area contributed by atoms with Gasteiger partial charge in [0, 0.05) is 11.1 Å². The molecule has 2 heteroatoms. The van der Waals surface area contributed by atoms with Gasteiger partial charge in [-0.2, -0.15) is 0 Å². The van der Waals surface area contributed by atoms with Crippen molar-refractivity contribution in [1.29, 1.82) is 0 Å². The smallest absolute Gasteiger partial charge is 0.0973 e. The van der Waals surface area contributed by atoms with Crippen LogP contribution in [0.2, 0.25) is 0 Å². The molecule has 0 amide bonds. The predicted octanol–water partition coefficient (Wildman–Crippen LogP) is 5.58. The van der Waals surface area contributed by atoms with Crippen LogP contribution in [-0.4, -0.2) is 9.97 Å². The number of rotatable bonds is 2. The minimum absolute atomic E-state index is 0.933. The van der Waals surface area contributed by atoms with Crippen LogP contribution >= 0.6 is 0 Å². The summed E-state index contributed by atoms with van der Waals surface area (Å²) in [6, 6.07) is 24.8. The maximum atomic E-state index is 5.02. The van der Waals surface area contributed by atoms with Crippen LogP contribution in [0, 0.1) is 13.8 Å². The van der Waals surface area contributed by atoms with Crippen molar-refractivity contribution in [3.63, 3.8) is 0 Å². The first kappa shape index (κ1) is 14.6. The van der Waals surface area contributed by atoms with E-state index in [0.29, 0.717) is 0 Å². The van der Waals surface area contributed by atoms with Gasteiger partial charge in [-0.05, 0) is 25.0 Å². The largest absolute Gasteiger partial charge is 0.244 e. The van der Waals surface area contributed by atoms with Crippen LogP contribution in [0.3, 0.4) is 0 Å². The number of aromatic nitrogens is 2. The third-order valence-corrected chi connectivity index (χ3v) is 4.32. The molecule has 3 aromatic carbocycles. The van der Waals surface area contributed by atoms with E-state index in [9.17, 15) is 0 Å². The second-order valence-corrected chi connectivity index (χ2v) is 6.05. The summed E-state index contributed by atoms with van der Waals surface area (Å²) in [7, 11) is 0. The van der Waals surface area contributed by atoms with E-state index >= 15 is 0 Å². The fraction of sp³-hybridized carbons (Fsp3) is 0.0909. The van der Waals surface area contributed by atoms with Crippen molar-refractivity contribution in [3.8, 4) is 22.5 Å². The first-order chi connectivity index (χ1) is 11.7. The van der Waals surface area contributed by atoms with Crippen LogP contribution in [0.25, 0.3) is 33.5 Å². The van der Waals surface area contributed by atoms with E-state index in [1.54, 1.807) is 0 Å². The van der Waals surface area contributed by atoms with Gasteiger partial charge >= 0.3 is 0 Å². The fourth-order valence-corrected chi connectivity index (χ4v) is 2.99. The predicted molar refractivity (Wildman–Crippen MR) is 99.9 cm³/mol. The van der Waals surface area contributed by atoms with Crippen molar-refractivity contribution in [1.82, 2.24) is 9.97 Å². The highest BCUT2D eigenvalue weighted by Crippen LogP contribution is 2.32. The van der Waals surface area contributed by atoms with E-state index in [1.165, 1.54) is 0 Å². The van der Waals surface area contributed by atoms with Crippen molar-refractivity contribution in [3.05, 3.63) is 83.9 Å². The van der Waals surface area contributed by atoms with Crippen molar-refractivity contribution in [2.24, 2.45) is 0 Å². The normalized spacial score (nSPS) is 10.9. The van der Waals surface area contributed by atoms with Crippen molar-refractivity contribution >= 4 is 11.0 Å². The van der Waals surface area contributed by atoms with E-state index in [1.807, 2.05) is 36.4 Å². The van der Waals surface area contributed by atoms with Gasteiger partial charge in [0.2, 0.25) is 0 Å². The third kappa shape index (κ3) is 2.46. The van der Waals surface area contributed by atoms with Crippen LogP contribution in [0.5, 0.6) is 0 Å². The molecule has 0 unspecified atom stereocenters. The Labute approximate surface area is 141 Å². The maximum absolute atomic E-state index is 5.02. The summed E-state index contributed by atoms with van der Waals surface area (Å²) in [5.74, 6) is 0. The van der Waals surface area contributed by atoms with Gasteiger partial charge in [0.25, 0.3) is 0 Å².